The van der Waals surface area contributed by atoms with Crippen LogP contribution >= 0.6 is 24.0 Å². The number of nitrogens with one attached hydrogen (secondary N) is 2. The lowest BCUT2D eigenvalue weighted by atomic mass is 10.0. The Morgan fingerprint density at radius 2 is 1.96 bits per heavy atom. The van der Waals surface area contributed by atoms with E-state index in [-0.39, 0.29) is 24.0 Å². The van der Waals surface area contributed by atoms with Gasteiger partial charge in [0, 0.05) is 26.2 Å². The van der Waals surface area contributed by atoms with Gasteiger partial charge in [-0.3, -0.25) is 9.89 Å². The minimum atomic E-state index is 0. The van der Waals surface area contributed by atoms with E-state index in [1.165, 1.54) is 24.8 Å². The maximum atomic E-state index is 5.58. The number of methoxy groups -OCH3 is 1. The number of likely N-dealkylation sites (tertiary alicyclic amines) is 1. The number of aliphatic imine (C=N–C) groups is 1. The Bertz CT molecular complexity index is 489. The van der Waals surface area contributed by atoms with E-state index in [0.717, 1.165) is 31.3 Å². The standard InChI is InChI=1S/C17H28N4O.HI/c1-18-17(19-2)20-13-15(21-11-7-4-8-12-21)14-9-5-6-10-16(14)22-3;/h5-6,9-10,15H,4,7-8,11-13H2,1-3H3,(H2,18,19,20);1H. The highest BCUT2D eigenvalue weighted by Crippen LogP contribution is 2.30. The summed E-state index contributed by atoms with van der Waals surface area (Å²) >= 11 is 0. The maximum absolute atomic E-state index is 5.58. The van der Waals surface area contributed by atoms with Crippen molar-refractivity contribution in [3.63, 3.8) is 0 Å². The maximum Gasteiger partial charge on any atom is 0.190 e. The molecule has 1 heterocycles. The number of piperidine rings is 1. The van der Waals surface area contributed by atoms with Gasteiger partial charge in [0.05, 0.1) is 13.2 Å². The number of hydrogen-bond donors (Lipinski definition) is 2. The van der Waals surface area contributed by atoms with Crippen molar-refractivity contribution in [2.75, 3.05) is 40.8 Å². The molecule has 1 aromatic carbocycles. The first kappa shape index (κ1) is 20.0. The van der Waals surface area contributed by atoms with Gasteiger partial charge in [-0.1, -0.05) is 24.6 Å². The predicted molar refractivity (Wildman–Crippen MR) is 107 cm³/mol. The van der Waals surface area contributed by atoms with Crippen LogP contribution in [0.2, 0.25) is 0 Å². The van der Waals surface area contributed by atoms with Crippen LogP contribution < -0.4 is 15.4 Å². The number of ether oxygens (including phenoxy) is 1. The Balaban J connectivity index is 0.00000264. The van der Waals surface area contributed by atoms with Crippen LogP contribution in [0.4, 0.5) is 0 Å². The summed E-state index contributed by atoms with van der Waals surface area (Å²) in [5, 5.41) is 6.49. The van der Waals surface area contributed by atoms with Crippen molar-refractivity contribution in [3.05, 3.63) is 29.8 Å². The molecule has 1 aromatic rings. The summed E-state index contributed by atoms with van der Waals surface area (Å²) in [4.78, 5) is 6.76. The lowest BCUT2D eigenvalue weighted by Crippen LogP contribution is -2.43. The quantitative estimate of drug-likeness (QED) is 0.427. The van der Waals surface area contributed by atoms with Gasteiger partial charge >= 0.3 is 0 Å². The van der Waals surface area contributed by atoms with E-state index in [1.807, 2.05) is 19.2 Å². The minimum Gasteiger partial charge on any atom is -0.496 e. The van der Waals surface area contributed by atoms with Crippen molar-refractivity contribution in [3.8, 4) is 5.75 Å². The molecule has 0 radical (unpaired) electrons. The number of hydrogen-bond acceptors (Lipinski definition) is 3. The van der Waals surface area contributed by atoms with Gasteiger partial charge in [0.15, 0.2) is 5.96 Å². The minimum absolute atomic E-state index is 0. The van der Waals surface area contributed by atoms with Gasteiger partial charge in [0.25, 0.3) is 0 Å². The average molecular weight is 432 g/mol. The van der Waals surface area contributed by atoms with Crippen LogP contribution in [0.1, 0.15) is 30.9 Å². The SMILES string of the molecule is CN=C(NC)NCC(c1ccccc1OC)N1CCCCC1.I. The molecule has 2 rings (SSSR count). The van der Waals surface area contributed by atoms with Gasteiger partial charge in [0.2, 0.25) is 0 Å². The monoisotopic (exact) mass is 432 g/mol. The molecule has 1 saturated heterocycles. The Labute approximate surface area is 156 Å². The van der Waals surface area contributed by atoms with E-state index in [1.54, 1.807) is 14.2 Å². The summed E-state index contributed by atoms with van der Waals surface area (Å²) in [6, 6.07) is 8.61. The Hall–Kier alpha value is -1.02. The Morgan fingerprint density at radius 1 is 1.26 bits per heavy atom. The highest BCUT2D eigenvalue weighted by Gasteiger charge is 2.24. The first-order chi connectivity index (χ1) is 10.8. The summed E-state index contributed by atoms with van der Waals surface area (Å²) < 4.78 is 5.58. The Kier molecular flexibility index (Phi) is 9.31. The molecule has 130 valence electrons. The first-order valence-electron chi connectivity index (χ1n) is 8.05. The second-order valence-corrected chi connectivity index (χ2v) is 5.56. The fraction of sp³-hybridized carbons (Fsp3) is 0.588. The fourth-order valence-corrected chi connectivity index (χ4v) is 3.08. The second kappa shape index (κ2) is 10.7. The van der Waals surface area contributed by atoms with Crippen LogP contribution in [0.25, 0.3) is 0 Å². The molecular formula is C17H29IN4O. The van der Waals surface area contributed by atoms with Crippen LogP contribution in [-0.4, -0.2) is 51.7 Å². The van der Waals surface area contributed by atoms with Crippen LogP contribution in [0.3, 0.4) is 0 Å². The zero-order valence-electron chi connectivity index (χ0n) is 14.3. The van der Waals surface area contributed by atoms with Gasteiger partial charge < -0.3 is 15.4 Å². The third-order valence-electron chi connectivity index (χ3n) is 4.25. The molecule has 0 aliphatic carbocycles. The second-order valence-electron chi connectivity index (χ2n) is 5.56. The fourth-order valence-electron chi connectivity index (χ4n) is 3.08. The molecular weight excluding hydrogens is 403 g/mol. The largest absolute Gasteiger partial charge is 0.496 e. The van der Waals surface area contributed by atoms with Crippen molar-refractivity contribution in [1.29, 1.82) is 0 Å². The Morgan fingerprint density at radius 3 is 2.57 bits per heavy atom. The molecule has 1 unspecified atom stereocenters. The summed E-state index contributed by atoms with van der Waals surface area (Å²) in [7, 11) is 5.41. The molecule has 1 aliphatic rings. The highest BCUT2D eigenvalue weighted by atomic mass is 127. The number of benzene rings is 1. The molecule has 2 N–H and O–H groups in total. The number of guanidine groups is 1. The van der Waals surface area contributed by atoms with Crippen LogP contribution in [0, 0.1) is 0 Å². The molecule has 6 heteroatoms. The third-order valence-corrected chi connectivity index (χ3v) is 4.25. The first-order valence-corrected chi connectivity index (χ1v) is 8.05. The molecule has 1 atom stereocenters. The van der Waals surface area contributed by atoms with Crippen LogP contribution in [-0.2, 0) is 0 Å². The topological polar surface area (TPSA) is 48.9 Å². The van der Waals surface area contributed by atoms with Gasteiger partial charge in [0.1, 0.15) is 5.75 Å². The van der Waals surface area contributed by atoms with E-state index in [4.69, 9.17) is 4.74 Å². The third kappa shape index (κ3) is 5.53. The lowest BCUT2D eigenvalue weighted by molar-refractivity contribution is 0.161. The molecule has 23 heavy (non-hydrogen) atoms. The van der Waals surface area contributed by atoms with Crippen molar-refractivity contribution in [2.24, 2.45) is 4.99 Å². The number of para-hydroxylation sites is 1. The molecule has 0 amide bonds. The number of nitrogens with zero attached hydrogens (tertiary/aromatic N) is 2. The van der Waals surface area contributed by atoms with E-state index in [0.29, 0.717) is 6.04 Å². The summed E-state index contributed by atoms with van der Waals surface area (Å²) in [6.45, 7) is 3.10. The lowest BCUT2D eigenvalue weighted by Gasteiger charge is -2.35. The van der Waals surface area contributed by atoms with E-state index in [9.17, 15) is 0 Å². The van der Waals surface area contributed by atoms with Gasteiger partial charge in [-0.15, -0.1) is 24.0 Å². The molecule has 0 saturated carbocycles. The van der Waals surface area contributed by atoms with Gasteiger partial charge in [-0.05, 0) is 32.0 Å². The smallest absolute Gasteiger partial charge is 0.190 e. The average Bonchev–Trinajstić information content (AvgIpc) is 2.60. The number of rotatable bonds is 5. The van der Waals surface area contributed by atoms with Gasteiger partial charge in [-0.25, -0.2) is 0 Å². The van der Waals surface area contributed by atoms with E-state index >= 15 is 0 Å². The molecule has 1 fully saturated rings. The van der Waals surface area contributed by atoms with E-state index in [2.05, 4.69) is 32.7 Å². The zero-order valence-corrected chi connectivity index (χ0v) is 16.7. The van der Waals surface area contributed by atoms with E-state index < -0.39 is 0 Å². The van der Waals surface area contributed by atoms with Crippen LogP contribution in [0.5, 0.6) is 5.75 Å². The normalized spacial score (nSPS) is 17.1. The van der Waals surface area contributed by atoms with Crippen molar-refractivity contribution in [2.45, 2.75) is 25.3 Å². The van der Waals surface area contributed by atoms with Crippen molar-refractivity contribution in [1.82, 2.24) is 15.5 Å². The molecule has 0 spiro atoms. The summed E-state index contributed by atoms with van der Waals surface area (Å²) in [5.74, 6) is 1.77. The molecule has 1 aliphatic heterocycles. The summed E-state index contributed by atoms with van der Waals surface area (Å²) in [5.41, 5.74) is 1.24. The molecule has 5 nitrogen and oxygen atoms in total. The highest BCUT2D eigenvalue weighted by molar-refractivity contribution is 14.0. The molecule has 0 bridgehead atoms. The number of halogens is 1. The predicted octanol–water partition coefficient (Wildman–Crippen LogP) is 2.64. The van der Waals surface area contributed by atoms with Crippen molar-refractivity contribution < 1.29 is 4.74 Å². The van der Waals surface area contributed by atoms with Crippen LogP contribution in [0.15, 0.2) is 29.3 Å². The zero-order chi connectivity index (χ0) is 15.8. The van der Waals surface area contributed by atoms with Gasteiger partial charge in [-0.2, -0.15) is 0 Å². The van der Waals surface area contributed by atoms with Crippen molar-refractivity contribution >= 4 is 29.9 Å². The summed E-state index contributed by atoms with van der Waals surface area (Å²) in [6.07, 6.45) is 3.87. The molecule has 0 aromatic heterocycles.